The average molecular weight is 467 g/mol. The van der Waals surface area contributed by atoms with Crippen molar-refractivity contribution in [3.63, 3.8) is 0 Å². The van der Waals surface area contributed by atoms with Gasteiger partial charge in [-0.25, -0.2) is 4.98 Å². The highest BCUT2D eigenvalue weighted by Crippen LogP contribution is 2.27. The molecule has 1 aliphatic heterocycles. The minimum absolute atomic E-state index is 0. The van der Waals surface area contributed by atoms with Gasteiger partial charge in [-0.2, -0.15) is 0 Å². The van der Waals surface area contributed by atoms with Crippen LogP contribution in [0.3, 0.4) is 0 Å². The van der Waals surface area contributed by atoms with Crippen molar-refractivity contribution in [2.24, 2.45) is 10.9 Å². The van der Waals surface area contributed by atoms with Gasteiger partial charge >= 0.3 is 0 Å². The number of rotatable bonds is 4. The fourth-order valence-electron chi connectivity index (χ4n) is 3.68. The molecule has 142 valence electrons. The summed E-state index contributed by atoms with van der Waals surface area (Å²) in [5, 5.41) is 3.56. The van der Waals surface area contributed by atoms with E-state index in [-0.39, 0.29) is 24.0 Å². The maximum absolute atomic E-state index is 4.53. The Bertz CT molecular complexity index is 698. The molecule has 1 saturated heterocycles. The summed E-state index contributed by atoms with van der Waals surface area (Å²) in [4.78, 5) is 11.1. The number of nitrogens with one attached hydrogen (secondary N) is 1. The van der Waals surface area contributed by atoms with Crippen LogP contribution in [0.15, 0.2) is 48.0 Å². The van der Waals surface area contributed by atoms with Crippen molar-refractivity contribution in [3.8, 4) is 0 Å². The molecule has 26 heavy (non-hydrogen) atoms. The van der Waals surface area contributed by atoms with Crippen LogP contribution < -0.4 is 5.32 Å². The lowest BCUT2D eigenvalue weighted by molar-refractivity contribution is 0.189. The number of guanidine groups is 1. The van der Waals surface area contributed by atoms with Gasteiger partial charge in [-0.15, -0.1) is 24.0 Å². The molecule has 5 nitrogen and oxygen atoms in total. The largest absolute Gasteiger partial charge is 0.352 e. The second-order valence-electron chi connectivity index (χ2n) is 6.81. The molecule has 2 unspecified atom stereocenters. The Labute approximate surface area is 173 Å². The number of hydrogen-bond donors (Lipinski definition) is 1. The number of piperidine rings is 1. The molecule has 0 bridgehead atoms. The van der Waals surface area contributed by atoms with E-state index in [9.17, 15) is 0 Å². The van der Waals surface area contributed by atoms with E-state index in [0.29, 0.717) is 12.0 Å². The summed E-state index contributed by atoms with van der Waals surface area (Å²) in [7, 11) is 1.87. The molecule has 0 amide bonds. The third-order valence-electron chi connectivity index (χ3n) is 5.27. The minimum Gasteiger partial charge on any atom is -0.352 e. The Morgan fingerprint density at radius 1 is 1.31 bits per heavy atom. The van der Waals surface area contributed by atoms with Crippen molar-refractivity contribution >= 4 is 29.9 Å². The molecule has 1 aromatic heterocycles. The summed E-state index contributed by atoms with van der Waals surface area (Å²) < 4.78 is 2.23. The molecule has 2 aromatic rings. The highest BCUT2D eigenvalue weighted by Gasteiger charge is 2.28. The van der Waals surface area contributed by atoms with Crippen LogP contribution in [0.25, 0.3) is 0 Å². The Hall–Kier alpha value is -1.57. The summed E-state index contributed by atoms with van der Waals surface area (Å²) in [6.45, 7) is 7.36. The van der Waals surface area contributed by atoms with E-state index < -0.39 is 0 Å². The Balaban J connectivity index is 0.00000243. The molecule has 2 atom stereocenters. The van der Waals surface area contributed by atoms with Crippen LogP contribution >= 0.6 is 24.0 Å². The molecule has 3 rings (SSSR count). The molecule has 0 saturated carbocycles. The number of aliphatic imine (C=N–C) groups is 1. The van der Waals surface area contributed by atoms with Gasteiger partial charge in [0.2, 0.25) is 0 Å². The van der Waals surface area contributed by atoms with Crippen LogP contribution in [-0.4, -0.2) is 40.5 Å². The van der Waals surface area contributed by atoms with Crippen LogP contribution in [0.1, 0.15) is 37.4 Å². The van der Waals surface area contributed by atoms with E-state index in [0.717, 1.165) is 38.4 Å². The summed E-state index contributed by atoms with van der Waals surface area (Å²) in [6, 6.07) is 9.07. The lowest BCUT2D eigenvalue weighted by Gasteiger charge is -2.39. The van der Waals surface area contributed by atoms with E-state index in [1.54, 1.807) is 0 Å². The molecule has 1 N–H and O–H groups in total. The van der Waals surface area contributed by atoms with Crippen molar-refractivity contribution in [1.82, 2.24) is 19.8 Å². The number of benzene rings is 1. The molecule has 6 heteroatoms. The number of imidazole rings is 1. The average Bonchev–Trinajstić information content (AvgIpc) is 3.18. The second kappa shape index (κ2) is 9.94. The first-order valence-corrected chi connectivity index (χ1v) is 9.22. The summed E-state index contributed by atoms with van der Waals surface area (Å²) in [6.07, 6.45) is 8.08. The maximum Gasteiger partial charge on any atom is 0.193 e. The van der Waals surface area contributed by atoms with Crippen LogP contribution in [0.4, 0.5) is 0 Å². The van der Waals surface area contributed by atoms with E-state index in [1.807, 2.05) is 19.6 Å². The van der Waals surface area contributed by atoms with Gasteiger partial charge in [0.15, 0.2) is 5.96 Å². The first-order valence-electron chi connectivity index (χ1n) is 9.22. The number of likely N-dealkylation sites (tertiary alicyclic amines) is 1. The van der Waals surface area contributed by atoms with Crippen LogP contribution in [-0.2, 0) is 13.0 Å². The number of nitrogens with zero attached hydrogens (tertiary/aromatic N) is 4. The molecular weight excluding hydrogens is 437 g/mol. The summed E-state index contributed by atoms with van der Waals surface area (Å²) in [5.74, 6) is 1.63. The molecule has 1 aromatic carbocycles. The predicted octanol–water partition coefficient (Wildman–Crippen LogP) is 3.72. The van der Waals surface area contributed by atoms with Gasteiger partial charge in [0.05, 0.1) is 12.4 Å². The Morgan fingerprint density at radius 2 is 2.08 bits per heavy atom. The van der Waals surface area contributed by atoms with Crippen molar-refractivity contribution in [3.05, 3.63) is 54.1 Å². The monoisotopic (exact) mass is 467 g/mol. The Morgan fingerprint density at radius 3 is 2.73 bits per heavy atom. The fourth-order valence-corrected chi connectivity index (χ4v) is 3.68. The SMILES string of the molecule is CCc1ccccc1CNC(=NC)N1CCC(C)C(n2ccnc2)C1.I. The zero-order valence-electron chi connectivity index (χ0n) is 15.9. The highest BCUT2D eigenvalue weighted by atomic mass is 127. The minimum atomic E-state index is 0. The van der Waals surface area contributed by atoms with Crippen molar-refractivity contribution < 1.29 is 0 Å². The number of aryl methyl sites for hydroxylation is 1. The van der Waals surface area contributed by atoms with Crippen molar-refractivity contribution in [1.29, 1.82) is 0 Å². The van der Waals surface area contributed by atoms with E-state index in [2.05, 4.69) is 69.1 Å². The van der Waals surface area contributed by atoms with Gasteiger partial charge in [-0.3, -0.25) is 4.99 Å². The van der Waals surface area contributed by atoms with Gasteiger partial charge in [0.1, 0.15) is 0 Å². The molecule has 0 aliphatic carbocycles. The van der Waals surface area contributed by atoms with E-state index >= 15 is 0 Å². The van der Waals surface area contributed by atoms with Crippen LogP contribution in [0, 0.1) is 5.92 Å². The smallest absolute Gasteiger partial charge is 0.193 e. The molecule has 2 heterocycles. The van der Waals surface area contributed by atoms with Crippen molar-refractivity contribution in [2.45, 2.75) is 39.3 Å². The van der Waals surface area contributed by atoms with Gasteiger partial charge in [0.25, 0.3) is 0 Å². The molecule has 0 spiro atoms. The summed E-state index contributed by atoms with van der Waals surface area (Å²) in [5.41, 5.74) is 2.75. The topological polar surface area (TPSA) is 45.5 Å². The maximum atomic E-state index is 4.53. The molecular formula is C20H30IN5. The standard InChI is InChI=1S/C20H29N5.HI/c1-4-17-7-5-6-8-18(17)13-23-20(21-3)24-11-9-16(2)19(14-24)25-12-10-22-15-25;/h5-8,10,12,15-16,19H,4,9,11,13-14H2,1-3H3,(H,21,23);1H. The van der Waals surface area contributed by atoms with E-state index in [1.165, 1.54) is 11.1 Å². The Kier molecular flexibility index (Phi) is 7.93. The van der Waals surface area contributed by atoms with Gasteiger partial charge in [-0.1, -0.05) is 38.1 Å². The fraction of sp³-hybridized carbons (Fsp3) is 0.500. The lowest BCUT2D eigenvalue weighted by atomic mass is 9.93. The third kappa shape index (κ3) is 4.78. The molecule has 0 radical (unpaired) electrons. The second-order valence-corrected chi connectivity index (χ2v) is 6.81. The first-order chi connectivity index (χ1) is 12.2. The predicted molar refractivity (Wildman–Crippen MR) is 118 cm³/mol. The third-order valence-corrected chi connectivity index (χ3v) is 5.27. The zero-order valence-corrected chi connectivity index (χ0v) is 18.3. The summed E-state index contributed by atoms with van der Waals surface area (Å²) >= 11 is 0. The van der Waals surface area contributed by atoms with E-state index in [4.69, 9.17) is 0 Å². The lowest BCUT2D eigenvalue weighted by Crippen LogP contribution is -2.48. The number of aromatic nitrogens is 2. The zero-order chi connectivity index (χ0) is 17.6. The normalized spacial score (nSPS) is 20.6. The van der Waals surface area contributed by atoms with Crippen LogP contribution in [0.2, 0.25) is 0 Å². The van der Waals surface area contributed by atoms with Gasteiger partial charge < -0.3 is 14.8 Å². The van der Waals surface area contributed by atoms with Crippen LogP contribution in [0.5, 0.6) is 0 Å². The van der Waals surface area contributed by atoms with Gasteiger partial charge in [-0.05, 0) is 29.9 Å². The van der Waals surface area contributed by atoms with Crippen molar-refractivity contribution in [2.75, 3.05) is 20.1 Å². The van der Waals surface area contributed by atoms with Gasteiger partial charge in [0, 0.05) is 39.1 Å². The quantitative estimate of drug-likeness (QED) is 0.424. The highest BCUT2D eigenvalue weighted by molar-refractivity contribution is 14.0. The number of hydrogen-bond acceptors (Lipinski definition) is 2. The number of halogens is 1. The first kappa shape index (κ1) is 20.7. The molecule has 1 aliphatic rings. The molecule has 1 fully saturated rings.